The summed E-state index contributed by atoms with van der Waals surface area (Å²) in [7, 11) is 0. The maximum absolute atomic E-state index is 13.3. The highest BCUT2D eigenvalue weighted by molar-refractivity contribution is 6.01. The van der Waals surface area contributed by atoms with Crippen LogP contribution < -0.4 is 0 Å². The predicted molar refractivity (Wildman–Crippen MR) is 108 cm³/mol. The fraction of sp³-hybridized carbons (Fsp3) is 0.435. The molecule has 1 saturated heterocycles. The molecule has 2 fully saturated rings. The molecule has 1 aliphatic heterocycles. The number of rotatable bonds is 6. The van der Waals surface area contributed by atoms with Crippen LogP contribution in [0.4, 0.5) is 0 Å². The fourth-order valence-electron chi connectivity index (χ4n) is 4.08. The predicted octanol–water partition coefficient (Wildman–Crippen LogP) is 3.27. The van der Waals surface area contributed by atoms with Crippen molar-refractivity contribution in [2.75, 3.05) is 32.8 Å². The van der Waals surface area contributed by atoms with E-state index < -0.39 is 0 Å². The molecule has 2 aromatic carbocycles. The maximum atomic E-state index is 13.3. The van der Waals surface area contributed by atoms with Crippen LogP contribution in [0.3, 0.4) is 0 Å². The lowest BCUT2D eigenvalue weighted by atomic mass is 9.98. The van der Waals surface area contributed by atoms with Crippen molar-refractivity contribution in [1.29, 1.82) is 0 Å². The Balaban J connectivity index is 1.53. The summed E-state index contributed by atoms with van der Waals surface area (Å²) in [6.45, 7) is 3.66. The summed E-state index contributed by atoms with van der Waals surface area (Å²) in [4.78, 5) is 17.8. The average molecular weight is 364 g/mol. The molecule has 27 heavy (non-hydrogen) atoms. The average Bonchev–Trinajstić information content (AvgIpc) is 3.54. The first kappa shape index (κ1) is 18.2. The summed E-state index contributed by atoms with van der Waals surface area (Å²) >= 11 is 0. The first-order valence-corrected chi connectivity index (χ1v) is 10.0. The van der Waals surface area contributed by atoms with E-state index >= 15 is 0 Å². The summed E-state index contributed by atoms with van der Waals surface area (Å²) in [6, 6.07) is 18.2. The quantitative estimate of drug-likeness (QED) is 0.856. The zero-order valence-electron chi connectivity index (χ0n) is 15.8. The van der Waals surface area contributed by atoms with Crippen LogP contribution in [-0.2, 0) is 0 Å². The molecule has 0 spiro atoms. The summed E-state index contributed by atoms with van der Waals surface area (Å²) in [5.41, 5.74) is 2.82. The standard InChI is InChI=1S/C23H28N2O2/c26-15-12-20-17-25(14-13-24(20)16-18-10-11-18)23(27)22-9-5-4-8-21(22)19-6-2-1-3-7-19/h1-9,18,20,26H,10-17H2/t20-/m0/s1. The Morgan fingerprint density at radius 3 is 2.48 bits per heavy atom. The van der Waals surface area contributed by atoms with Crippen molar-refractivity contribution in [3.8, 4) is 11.1 Å². The van der Waals surface area contributed by atoms with E-state index in [0.717, 1.165) is 48.7 Å². The number of amides is 1. The van der Waals surface area contributed by atoms with Crippen molar-refractivity contribution in [3.63, 3.8) is 0 Å². The molecule has 4 nitrogen and oxygen atoms in total. The largest absolute Gasteiger partial charge is 0.396 e. The first-order valence-electron chi connectivity index (χ1n) is 10.0. The molecule has 1 atom stereocenters. The molecular formula is C23H28N2O2. The Bertz CT molecular complexity index is 773. The van der Waals surface area contributed by atoms with Gasteiger partial charge in [-0.05, 0) is 42.4 Å². The van der Waals surface area contributed by atoms with E-state index in [1.54, 1.807) is 0 Å². The monoisotopic (exact) mass is 364 g/mol. The van der Waals surface area contributed by atoms with Crippen LogP contribution in [0, 0.1) is 5.92 Å². The van der Waals surface area contributed by atoms with Crippen LogP contribution in [-0.4, -0.2) is 59.6 Å². The third-order valence-electron chi connectivity index (χ3n) is 5.79. The molecule has 0 bridgehead atoms. The first-order chi connectivity index (χ1) is 13.3. The van der Waals surface area contributed by atoms with Crippen LogP contribution in [0.15, 0.2) is 54.6 Å². The smallest absolute Gasteiger partial charge is 0.254 e. The zero-order valence-corrected chi connectivity index (χ0v) is 15.8. The van der Waals surface area contributed by atoms with Gasteiger partial charge in [-0.25, -0.2) is 0 Å². The molecule has 2 aromatic rings. The van der Waals surface area contributed by atoms with Crippen molar-refractivity contribution in [3.05, 3.63) is 60.2 Å². The fourth-order valence-corrected chi connectivity index (χ4v) is 4.08. The lowest BCUT2D eigenvalue weighted by molar-refractivity contribution is 0.0407. The van der Waals surface area contributed by atoms with E-state index in [2.05, 4.69) is 4.90 Å². The lowest BCUT2D eigenvalue weighted by Crippen LogP contribution is -2.55. The second kappa shape index (κ2) is 8.24. The normalized spacial score (nSPS) is 20.6. The number of carbonyl (C=O) groups excluding carboxylic acids is 1. The van der Waals surface area contributed by atoms with Gasteiger partial charge in [-0.1, -0.05) is 48.5 Å². The molecule has 4 rings (SSSR count). The Morgan fingerprint density at radius 2 is 1.74 bits per heavy atom. The highest BCUT2D eigenvalue weighted by Crippen LogP contribution is 2.32. The SMILES string of the molecule is O=C(c1ccccc1-c1ccccc1)N1CCN(CC2CC2)[C@@H](CCO)C1. The molecule has 2 aliphatic rings. The lowest BCUT2D eigenvalue weighted by Gasteiger charge is -2.41. The van der Waals surface area contributed by atoms with E-state index in [0.29, 0.717) is 6.54 Å². The van der Waals surface area contributed by atoms with Crippen LogP contribution in [0.1, 0.15) is 29.6 Å². The van der Waals surface area contributed by atoms with Crippen LogP contribution in [0.2, 0.25) is 0 Å². The van der Waals surface area contributed by atoms with E-state index in [4.69, 9.17) is 0 Å². The van der Waals surface area contributed by atoms with Crippen molar-refractivity contribution in [2.24, 2.45) is 5.92 Å². The van der Waals surface area contributed by atoms with Crippen LogP contribution in [0.25, 0.3) is 11.1 Å². The number of hydrogen-bond acceptors (Lipinski definition) is 3. The van der Waals surface area contributed by atoms with Crippen molar-refractivity contribution in [1.82, 2.24) is 9.80 Å². The van der Waals surface area contributed by atoms with E-state index in [1.165, 1.54) is 12.8 Å². The molecule has 1 heterocycles. The molecule has 1 saturated carbocycles. The Labute approximate surface area is 161 Å². The Kier molecular flexibility index (Phi) is 5.55. The number of piperazine rings is 1. The third-order valence-corrected chi connectivity index (χ3v) is 5.79. The van der Waals surface area contributed by atoms with Crippen molar-refractivity contribution < 1.29 is 9.90 Å². The number of aliphatic hydroxyl groups excluding tert-OH is 1. The Hall–Kier alpha value is -2.17. The number of benzene rings is 2. The van der Waals surface area contributed by atoms with Gasteiger partial charge in [0.1, 0.15) is 0 Å². The minimum atomic E-state index is 0.100. The van der Waals surface area contributed by atoms with E-state index in [1.807, 2.05) is 59.5 Å². The maximum Gasteiger partial charge on any atom is 0.254 e. The highest BCUT2D eigenvalue weighted by Gasteiger charge is 2.33. The van der Waals surface area contributed by atoms with Gasteiger partial charge >= 0.3 is 0 Å². The second-order valence-electron chi connectivity index (χ2n) is 7.77. The van der Waals surface area contributed by atoms with Gasteiger partial charge in [-0.2, -0.15) is 0 Å². The summed E-state index contributed by atoms with van der Waals surface area (Å²) in [5.74, 6) is 0.927. The molecule has 0 radical (unpaired) electrons. The van der Waals surface area contributed by atoms with Gasteiger partial charge < -0.3 is 10.0 Å². The molecule has 4 heteroatoms. The van der Waals surface area contributed by atoms with Gasteiger partial charge in [-0.3, -0.25) is 9.69 Å². The third kappa shape index (κ3) is 4.23. The number of hydrogen-bond donors (Lipinski definition) is 1. The van der Waals surface area contributed by atoms with Gasteiger partial charge in [0.05, 0.1) is 0 Å². The number of carbonyl (C=O) groups is 1. The van der Waals surface area contributed by atoms with E-state index in [9.17, 15) is 9.90 Å². The second-order valence-corrected chi connectivity index (χ2v) is 7.77. The van der Waals surface area contributed by atoms with Crippen LogP contribution >= 0.6 is 0 Å². The Morgan fingerprint density at radius 1 is 1.00 bits per heavy atom. The molecule has 0 aromatic heterocycles. The number of nitrogens with zero attached hydrogens (tertiary/aromatic N) is 2. The molecular weight excluding hydrogens is 336 g/mol. The van der Waals surface area contributed by atoms with Gasteiger partial charge in [0.15, 0.2) is 0 Å². The summed E-state index contributed by atoms with van der Waals surface area (Å²) in [5, 5.41) is 9.49. The molecule has 1 aliphatic carbocycles. The topological polar surface area (TPSA) is 43.8 Å². The summed E-state index contributed by atoms with van der Waals surface area (Å²) in [6.07, 6.45) is 3.39. The van der Waals surface area contributed by atoms with Gasteiger partial charge in [0.25, 0.3) is 5.91 Å². The van der Waals surface area contributed by atoms with Gasteiger partial charge in [0.2, 0.25) is 0 Å². The van der Waals surface area contributed by atoms with Crippen molar-refractivity contribution in [2.45, 2.75) is 25.3 Å². The molecule has 142 valence electrons. The minimum Gasteiger partial charge on any atom is -0.396 e. The summed E-state index contributed by atoms with van der Waals surface area (Å²) < 4.78 is 0. The highest BCUT2D eigenvalue weighted by atomic mass is 16.3. The van der Waals surface area contributed by atoms with Crippen LogP contribution in [0.5, 0.6) is 0 Å². The minimum absolute atomic E-state index is 0.100. The molecule has 1 amide bonds. The molecule has 0 unspecified atom stereocenters. The zero-order chi connectivity index (χ0) is 18.6. The van der Waals surface area contributed by atoms with Gasteiger partial charge in [-0.15, -0.1) is 0 Å². The van der Waals surface area contributed by atoms with Gasteiger partial charge in [0, 0.05) is 44.4 Å². The van der Waals surface area contributed by atoms with Crippen molar-refractivity contribution >= 4 is 5.91 Å². The van der Waals surface area contributed by atoms with E-state index in [-0.39, 0.29) is 18.6 Å². The molecule has 1 N–H and O–H groups in total. The number of aliphatic hydroxyl groups is 1.